The minimum absolute atomic E-state index is 0.245. The molecule has 1 aliphatic heterocycles. The summed E-state index contributed by atoms with van der Waals surface area (Å²) in [4.78, 5) is 4.85. The first-order chi connectivity index (χ1) is 9.02. The van der Waals surface area contributed by atoms with E-state index in [0.717, 1.165) is 29.1 Å². The number of benzene rings is 1. The van der Waals surface area contributed by atoms with E-state index in [4.69, 9.17) is 17.3 Å². The summed E-state index contributed by atoms with van der Waals surface area (Å²) < 4.78 is 0.931. The Hall–Kier alpha value is -0.130. The summed E-state index contributed by atoms with van der Waals surface area (Å²) >= 11 is 9.63. The van der Waals surface area contributed by atoms with Gasteiger partial charge in [0, 0.05) is 42.7 Å². The Bertz CT molecular complexity index is 441. The highest BCUT2D eigenvalue weighted by molar-refractivity contribution is 9.10. The molecule has 0 saturated carbocycles. The van der Waals surface area contributed by atoms with E-state index in [1.807, 2.05) is 12.1 Å². The van der Waals surface area contributed by atoms with E-state index in [-0.39, 0.29) is 6.04 Å². The Morgan fingerprint density at radius 1 is 1.47 bits per heavy atom. The van der Waals surface area contributed by atoms with Gasteiger partial charge in [0.2, 0.25) is 0 Å². The first-order valence-corrected chi connectivity index (χ1v) is 7.79. The Kier molecular flexibility index (Phi) is 5.26. The molecule has 2 rings (SSSR count). The molecule has 0 radical (unpaired) electrons. The minimum atomic E-state index is 0.245. The second-order valence-corrected chi connectivity index (χ2v) is 6.54. The number of rotatable bonds is 3. The summed E-state index contributed by atoms with van der Waals surface area (Å²) in [5.74, 6) is 0. The van der Waals surface area contributed by atoms with Crippen LogP contribution in [0.4, 0.5) is 0 Å². The van der Waals surface area contributed by atoms with Gasteiger partial charge in [-0.05, 0) is 47.6 Å². The molecular weight excluding hydrogens is 326 g/mol. The van der Waals surface area contributed by atoms with Crippen LogP contribution >= 0.6 is 27.5 Å². The summed E-state index contributed by atoms with van der Waals surface area (Å²) in [5.41, 5.74) is 7.21. The molecule has 19 heavy (non-hydrogen) atoms. The third kappa shape index (κ3) is 3.50. The number of piperazine rings is 1. The van der Waals surface area contributed by atoms with Gasteiger partial charge in [0.05, 0.1) is 5.02 Å². The molecule has 1 heterocycles. The summed E-state index contributed by atoms with van der Waals surface area (Å²) in [6, 6.07) is 6.89. The SMILES string of the molecule is CC1CN(C)CCN1C(CN)c1ccc(Br)c(Cl)c1. The Morgan fingerprint density at radius 2 is 2.21 bits per heavy atom. The molecule has 1 fully saturated rings. The molecule has 1 saturated heterocycles. The Morgan fingerprint density at radius 3 is 2.79 bits per heavy atom. The largest absolute Gasteiger partial charge is 0.329 e. The second-order valence-electron chi connectivity index (χ2n) is 5.27. The maximum atomic E-state index is 6.20. The topological polar surface area (TPSA) is 32.5 Å². The van der Waals surface area contributed by atoms with E-state index in [9.17, 15) is 0 Å². The first kappa shape index (κ1) is 15.3. The van der Waals surface area contributed by atoms with E-state index < -0.39 is 0 Å². The van der Waals surface area contributed by atoms with E-state index in [1.54, 1.807) is 0 Å². The van der Waals surface area contributed by atoms with Crippen LogP contribution in [0.15, 0.2) is 22.7 Å². The average molecular weight is 347 g/mol. The maximum absolute atomic E-state index is 6.20. The van der Waals surface area contributed by atoms with Crippen LogP contribution in [0.25, 0.3) is 0 Å². The lowest BCUT2D eigenvalue weighted by Crippen LogP contribution is -2.52. The van der Waals surface area contributed by atoms with Gasteiger partial charge in [0.25, 0.3) is 0 Å². The fourth-order valence-electron chi connectivity index (χ4n) is 2.80. The summed E-state index contributed by atoms with van der Waals surface area (Å²) in [6.07, 6.45) is 0. The summed E-state index contributed by atoms with van der Waals surface area (Å²) in [6.45, 7) is 6.10. The van der Waals surface area contributed by atoms with Crippen LogP contribution in [-0.4, -0.2) is 49.1 Å². The summed E-state index contributed by atoms with van der Waals surface area (Å²) in [5, 5.41) is 0.748. The highest BCUT2D eigenvalue weighted by Crippen LogP contribution is 2.30. The van der Waals surface area contributed by atoms with Crippen molar-refractivity contribution in [3.63, 3.8) is 0 Å². The predicted molar refractivity (Wildman–Crippen MR) is 84.6 cm³/mol. The van der Waals surface area contributed by atoms with Crippen molar-refractivity contribution in [2.75, 3.05) is 33.2 Å². The van der Waals surface area contributed by atoms with Crippen LogP contribution in [0, 0.1) is 0 Å². The second kappa shape index (κ2) is 6.55. The standard InChI is InChI=1S/C14H21BrClN3/c1-10-9-18(2)5-6-19(10)14(8-17)11-3-4-12(15)13(16)7-11/h3-4,7,10,14H,5-6,8-9,17H2,1-2H3. The van der Waals surface area contributed by atoms with E-state index in [1.165, 1.54) is 5.56 Å². The van der Waals surface area contributed by atoms with Gasteiger partial charge in [-0.2, -0.15) is 0 Å². The number of halogens is 2. The van der Waals surface area contributed by atoms with Crippen LogP contribution in [-0.2, 0) is 0 Å². The lowest BCUT2D eigenvalue weighted by atomic mass is 10.0. The quantitative estimate of drug-likeness (QED) is 0.913. The molecule has 1 aliphatic rings. The number of hydrogen-bond donors (Lipinski definition) is 1. The molecule has 0 amide bonds. The number of likely N-dealkylation sites (N-methyl/N-ethyl adjacent to an activating group) is 1. The number of nitrogens with zero attached hydrogens (tertiary/aromatic N) is 2. The maximum Gasteiger partial charge on any atom is 0.0551 e. The third-order valence-corrected chi connectivity index (χ3v) is 5.07. The zero-order chi connectivity index (χ0) is 14.0. The van der Waals surface area contributed by atoms with Crippen molar-refractivity contribution in [3.8, 4) is 0 Å². The van der Waals surface area contributed by atoms with Gasteiger partial charge in [-0.1, -0.05) is 17.7 Å². The smallest absolute Gasteiger partial charge is 0.0551 e. The van der Waals surface area contributed by atoms with Gasteiger partial charge in [0.15, 0.2) is 0 Å². The molecule has 1 aromatic rings. The van der Waals surface area contributed by atoms with Gasteiger partial charge in [-0.15, -0.1) is 0 Å². The van der Waals surface area contributed by atoms with Crippen molar-refractivity contribution in [2.24, 2.45) is 5.73 Å². The lowest BCUT2D eigenvalue weighted by molar-refractivity contribution is 0.0635. The molecule has 2 unspecified atom stereocenters. The molecular formula is C14H21BrClN3. The fourth-order valence-corrected chi connectivity index (χ4v) is 3.24. The van der Waals surface area contributed by atoms with Crippen LogP contribution in [0.5, 0.6) is 0 Å². The number of hydrogen-bond acceptors (Lipinski definition) is 3. The Balaban J connectivity index is 2.21. The van der Waals surface area contributed by atoms with Gasteiger partial charge < -0.3 is 10.6 Å². The monoisotopic (exact) mass is 345 g/mol. The Labute approximate surface area is 128 Å². The first-order valence-electron chi connectivity index (χ1n) is 6.62. The minimum Gasteiger partial charge on any atom is -0.329 e. The molecule has 2 atom stereocenters. The fraction of sp³-hybridized carbons (Fsp3) is 0.571. The van der Waals surface area contributed by atoms with Crippen molar-refractivity contribution in [2.45, 2.75) is 19.0 Å². The number of nitrogens with two attached hydrogens (primary N) is 1. The molecule has 2 N–H and O–H groups in total. The zero-order valence-corrected chi connectivity index (χ0v) is 13.8. The predicted octanol–water partition coefficient (Wildman–Crippen LogP) is 2.74. The molecule has 1 aromatic carbocycles. The van der Waals surface area contributed by atoms with Gasteiger partial charge in [-0.3, -0.25) is 4.90 Å². The summed E-state index contributed by atoms with van der Waals surface area (Å²) in [7, 11) is 2.17. The average Bonchev–Trinajstić information content (AvgIpc) is 2.37. The van der Waals surface area contributed by atoms with Crippen molar-refractivity contribution in [1.82, 2.24) is 9.80 Å². The third-order valence-electron chi connectivity index (χ3n) is 3.83. The van der Waals surface area contributed by atoms with Crippen molar-refractivity contribution >= 4 is 27.5 Å². The molecule has 3 nitrogen and oxygen atoms in total. The van der Waals surface area contributed by atoms with E-state index in [0.29, 0.717) is 12.6 Å². The van der Waals surface area contributed by atoms with Crippen molar-refractivity contribution < 1.29 is 0 Å². The molecule has 0 bridgehead atoms. The highest BCUT2D eigenvalue weighted by atomic mass is 79.9. The molecule has 0 aliphatic carbocycles. The highest BCUT2D eigenvalue weighted by Gasteiger charge is 2.28. The van der Waals surface area contributed by atoms with Crippen LogP contribution < -0.4 is 5.73 Å². The molecule has 106 valence electrons. The van der Waals surface area contributed by atoms with Crippen LogP contribution in [0.2, 0.25) is 5.02 Å². The molecule has 0 spiro atoms. The lowest BCUT2D eigenvalue weighted by Gasteiger charge is -2.42. The normalized spacial score (nSPS) is 23.5. The van der Waals surface area contributed by atoms with Gasteiger partial charge >= 0.3 is 0 Å². The van der Waals surface area contributed by atoms with Crippen LogP contribution in [0.3, 0.4) is 0 Å². The van der Waals surface area contributed by atoms with E-state index >= 15 is 0 Å². The molecule has 0 aromatic heterocycles. The molecule has 5 heteroatoms. The van der Waals surface area contributed by atoms with Crippen molar-refractivity contribution in [1.29, 1.82) is 0 Å². The van der Waals surface area contributed by atoms with Gasteiger partial charge in [-0.25, -0.2) is 0 Å². The zero-order valence-electron chi connectivity index (χ0n) is 11.4. The van der Waals surface area contributed by atoms with E-state index in [2.05, 4.69) is 45.8 Å². The van der Waals surface area contributed by atoms with Crippen LogP contribution in [0.1, 0.15) is 18.5 Å². The van der Waals surface area contributed by atoms with Gasteiger partial charge in [0.1, 0.15) is 0 Å². The van der Waals surface area contributed by atoms with Crippen molar-refractivity contribution in [3.05, 3.63) is 33.3 Å².